The number of hydrogen-bond acceptors (Lipinski definition) is 4. The second-order valence-corrected chi connectivity index (χ2v) is 4.13. The molecule has 0 aliphatic heterocycles. The Hall–Kier alpha value is -2.24. The Bertz CT molecular complexity index is 450. The van der Waals surface area contributed by atoms with Crippen LogP contribution in [0.2, 0.25) is 0 Å². The van der Waals surface area contributed by atoms with E-state index in [1.54, 1.807) is 0 Å². The third-order valence-corrected chi connectivity index (χ3v) is 2.47. The van der Waals surface area contributed by atoms with E-state index < -0.39 is 11.9 Å². The molecule has 1 aromatic rings. The number of benzene rings is 1. The molecular weight excluding hydrogens is 264 g/mol. The lowest BCUT2D eigenvalue weighted by molar-refractivity contribution is 0.0671. The van der Waals surface area contributed by atoms with Gasteiger partial charge in [0.15, 0.2) is 11.5 Å². The number of aromatic carboxylic acids is 2. The topological polar surface area (TPSA) is 93.1 Å². The lowest BCUT2D eigenvalue weighted by Crippen LogP contribution is -2.11. The minimum Gasteiger partial charge on any atom is -0.489 e. The van der Waals surface area contributed by atoms with Crippen LogP contribution >= 0.6 is 0 Å². The first kappa shape index (κ1) is 15.8. The fourth-order valence-corrected chi connectivity index (χ4v) is 1.59. The molecule has 110 valence electrons. The zero-order valence-electron chi connectivity index (χ0n) is 11.5. The first-order valence-electron chi connectivity index (χ1n) is 6.42. The maximum Gasteiger partial charge on any atom is 0.339 e. The van der Waals surface area contributed by atoms with Gasteiger partial charge in [-0.3, -0.25) is 0 Å². The molecule has 0 aliphatic rings. The third kappa shape index (κ3) is 3.63. The minimum absolute atomic E-state index is 0.0206. The maximum absolute atomic E-state index is 11.2. The van der Waals surface area contributed by atoms with Crippen LogP contribution in [0.4, 0.5) is 0 Å². The minimum atomic E-state index is -1.19. The molecule has 1 rings (SSSR count). The molecule has 1 aromatic carbocycles. The Morgan fingerprint density at radius 3 is 1.50 bits per heavy atom. The van der Waals surface area contributed by atoms with Gasteiger partial charge in [0.2, 0.25) is 0 Å². The first-order chi connectivity index (χ1) is 9.52. The van der Waals surface area contributed by atoms with Crippen molar-refractivity contribution in [2.45, 2.75) is 26.7 Å². The average Bonchev–Trinajstić information content (AvgIpc) is 2.41. The molecule has 0 aliphatic carbocycles. The smallest absolute Gasteiger partial charge is 0.339 e. The van der Waals surface area contributed by atoms with Crippen molar-refractivity contribution in [2.75, 3.05) is 13.2 Å². The van der Waals surface area contributed by atoms with Crippen molar-refractivity contribution >= 4 is 11.9 Å². The second kappa shape index (κ2) is 7.37. The summed E-state index contributed by atoms with van der Waals surface area (Å²) in [5, 5.41) is 18.3. The van der Waals surface area contributed by atoms with E-state index in [-0.39, 0.29) is 35.8 Å². The van der Waals surface area contributed by atoms with Gasteiger partial charge in [-0.15, -0.1) is 0 Å². The molecular formula is C14H18O6. The van der Waals surface area contributed by atoms with E-state index >= 15 is 0 Å². The van der Waals surface area contributed by atoms with Crippen LogP contribution in [0.15, 0.2) is 12.1 Å². The van der Waals surface area contributed by atoms with Gasteiger partial charge >= 0.3 is 11.9 Å². The van der Waals surface area contributed by atoms with Gasteiger partial charge in [0.1, 0.15) is 11.1 Å². The molecule has 0 aromatic heterocycles. The van der Waals surface area contributed by atoms with Crippen molar-refractivity contribution in [3.8, 4) is 11.5 Å². The van der Waals surface area contributed by atoms with Crippen LogP contribution in [0.5, 0.6) is 11.5 Å². The number of carbonyl (C=O) groups is 2. The van der Waals surface area contributed by atoms with Crippen LogP contribution < -0.4 is 9.47 Å². The van der Waals surface area contributed by atoms with Crippen molar-refractivity contribution in [1.29, 1.82) is 0 Å². The fourth-order valence-electron chi connectivity index (χ4n) is 1.59. The molecule has 0 amide bonds. The zero-order valence-corrected chi connectivity index (χ0v) is 11.5. The first-order valence-corrected chi connectivity index (χ1v) is 6.42. The normalized spacial score (nSPS) is 10.1. The number of carboxylic acids is 2. The van der Waals surface area contributed by atoms with E-state index in [1.165, 1.54) is 12.1 Å². The van der Waals surface area contributed by atoms with Crippen LogP contribution in [-0.4, -0.2) is 35.4 Å². The Morgan fingerprint density at radius 1 is 0.900 bits per heavy atom. The van der Waals surface area contributed by atoms with E-state index in [0.717, 1.165) is 0 Å². The molecule has 6 heteroatoms. The van der Waals surface area contributed by atoms with Crippen LogP contribution in [0.3, 0.4) is 0 Å². The summed E-state index contributed by atoms with van der Waals surface area (Å²) < 4.78 is 10.8. The SMILES string of the molecule is CCCOc1c(C(=O)O)ccc(C(=O)O)c1OCCC. The highest BCUT2D eigenvalue weighted by atomic mass is 16.5. The number of ether oxygens (including phenoxy) is 2. The molecule has 6 nitrogen and oxygen atoms in total. The van der Waals surface area contributed by atoms with E-state index in [0.29, 0.717) is 12.8 Å². The Labute approximate surface area is 116 Å². The van der Waals surface area contributed by atoms with Crippen molar-refractivity contribution in [3.63, 3.8) is 0 Å². The highest BCUT2D eigenvalue weighted by molar-refractivity contribution is 5.98. The number of carboxylic acid groups (broad SMARTS) is 2. The van der Waals surface area contributed by atoms with Gasteiger partial charge in [-0.2, -0.15) is 0 Å². The van der Waals surface area contributed by atoms with E-state index in [1.807, 2.05) is 13.8 Å². The molecule has 20 heavy (non-hydrogen) atoms. The average molecular weight is 282 g/mol. The number of rotatable bonds is 8. The molecule has 0 heterocycles. The van der Waals surface area contributed by atoms with Crippen molar-refractivity contribution in [2.24, 2.45) is 0 Å². The molecule has 0 saturated carbocycles. The molecule has 0 spiro atoms. The Balaban J connectivity index is 3.37. The van der Waals surface area contributed by atoms with Gasteiger partial charge in [0, 0.05) is 0 Å². The van der Waals surface area contributed by atoms with Crippen LogP contribution in [0.1, 0.15) is 47.4 Å². The summed E-state index contributed by atoms with van der Waals surface area (Å²) >= 11 is 0. The highest BCUT2D eigenvalue weighted by Gasteiger charge is 2.23. The van der Waals surface area contributed by atoms with Gasteiger partial charge in [-0.05, 0) is 25.0 Å². The summed E-state index contributed by atoms with van der Waals surface area (Å²) in [6, 6.07) is 2.44. The third-order valence-electron chi connectivity index (χ3n) is 2.47. The quantitative estimate of drug-likeness (QED) is 0.761. The molecule has 0 unspecified atom stereocenters. The van der Waals surface area contributed by atoms with Crippen LogP contribution in [-0.2, 0) is 0 Å². The summed E-state index contributed by atoms with van der Waals surface area (Å²) in [6.07, 6.45) is 1.34. The van der Waals surface area contributed by atoms with Crippen molar-refractivity contribution < 1.29 is 29.3 Å². The van der Waals surface area contributed by atoms with Gasteiger partial charge in [0.25, 0.3) is 0 Å². The maximum atomic E-state index is 11.2. The molecule has 0 bridgehead atoms. The zero-order chi connectivity index (χ0) is 15.1. The van der Waals surface area contributed by atoms with Gasteiger partial charge < -0.3 is 19.7 Å². The molecule has 0 atom stereocenters. The van der Waals surface area contributed by atoms with Gasteiger partial charge in [-0.1, -0.05) is 13.8 Å². The van der Waals surface area contributed by atoms with Crippen molar-refractivity contribution in [1.82, 2.24) is 0 Å². The van der Waals surface area contributed by atoms with Gasteiger partial charge in [0.05, 0.1) is 13.2 Å². The van der Waals surface area contributed by atoms with E-state index in [4.69, 9.17) is 19.7 Å². The second-order valence-electron chi connectivity index (χ2n) is 4.13. The monoisotopic (exact) mass is 282 g/mol. The summed E-state index contributed by atoms with van der Waals surface area (Å²) in [7, 11) is 0. The highest BCUT2D eigenvalue weighted by Crippen LogP contribution is 2.35. The van der Waals surface area contributed by atoms with E-state index in [2.05, 4.69) is 0 Å². The summed E-state index contributed by atoms with van der Waals surface area (Å²) in [4.78, 5) is 22.4. The Kier molecular flexibility index (Phi) is 5.83. The lowest BCUT2D eigenvalue weighted by atomic mass is 10.1. The predicted octanol–water partition coefficient (Wildman–Crippen LogP) is 2.66. The fraction of sp³-hybridized carbons (Fsp3) is 0.429. The van der Waals surface area contributed by atoms with Crippen LogP contribution in [0.25, 0.3) is 0 Å². The van der Waals surface area contributed by atoms with E-state index in [9.17, 15) is 9.59 Å². The summed E-state index contributed by atoms with van der Waals surface area (Å²) in [5.41, 5.74) is -0.205. The molecule has 0 saturated heterocycles. The standard InChI is InChI=1S/C14H18O6/c1-3-7-19-11-9(13(15)16)5-6-10(14(17)18)12(11)20-8-4-2/h5-6H,3-4,7-8H2,1-2H3,(H,15,16)(H,17,18). The van der Waals surface area contributed by atoms with Crippen LogP contribution in [0, 0.1) is 0 Å². The van der Waals surface area contributed by atoms with Crippen molar-refractivity contribution in [3.05, 3.63) is 23.3 Å². The summed E-state index contributed by atoms with van der Waals surface area (Å²) in [6.45, 7) is 4.31. The summed E-state index contributed by atoms with van der Waals surface area (Å²) in [5.74, 6) is -2.41. The predicted molar refractivity (Wildman–Crippen MR) is 71.9 cm³/mol. The van der Waals surface area contributed by atoms with Gasteiger partial charge in [-0.25, -0.2) is 9.59 Å². The molecule has 0 radical (unpaired) electrons. The lowest BCUT2D eigenvalue weighted by Gasteiger charge is -2.16. The number of hydrogen-bond donors (Lipinski definition) is 2. The molecule has 0 fully saturated rings. The Morgan fingerprint density at radius 2 is 1.25 bits per heavy atom. The molecule has 2 N–H and O–H groups in total. The largest absolute Gasteiger partial charge is 0.489 e.